The first kappa shape index (κ1) is 17.1. The van der Waals surface area contributed by atoms with E-state index in [0.717, 1.165) is 37.9 Å². The van der Waals surface area contributed by atoms with Gasteiger partial charge in [0.25, 0.3) is 0 Å². The first-order valence-corrected chi connectivity index (χ1v) is 10.5. The summed E-state index contributed by atoms with van der Waals surface area (Å²) in [7, 11) is 0. The monoisotopic (exact) mass is 343 g/mol. The van der Waals surface area contributed by atoms with Crippen LogP contribution in [0.25, 0.3) is 0 Å². The summed E-state index contributed by atoms with van der Waals surface area (Å²) >= 11 is 0. The molecule has 0 bridgehead atoms. The molecule has 3 aliphatic rings. The van der Waals surface area contributed by atoms with E-state index in [0.29, 0.717) is 11.8 Å². The normalized spacial score (nSPS) is 22.7. The number of carbonyl (C=O) groups is 1. The van der Waals surface area contributed by atoms with Gasteiger partial charge in [0.2, 0.25) is 5.91 Å². The molecular weight excluding hydrogens is 310 g/mol. The highest BCUT2D eigenvalue weighted by Gasteiger charge is 2.29. The molecule has 2 heterocycles. The number of aromatic nitrogens is 2. The summed E-state index contributed by atoms with van der Waals surface area (Å²) in [5.74, 6) is 3.91. The van der Waals surface area contributed by atoms with Crippen LogP contribution in [0.5, 0.6) is 0 Å². The maximum absolute atomic E-state index is 12.5. The number of hydrogen-bond acceptors (Lipinski definition) is 2. The Kier molecular flexibility index (Phi) is 5.14. The van der Waals surface area contributed by atoms with E-state index in [1.165, 1.54) is 69.3 Å². The van der Waals surface area contributed by atoms with Gasteiger partial charge in [-0.25, -0.2) is 4.98 Å². The van der Waals surface area contributed by atoms with Crippen LogP contribution in [-0.2, 0) is 11.3 Å². The van der Waals surface area contributed by atoms with Crippen LogP contribution in [0, 0.1) is 18.8 Å². The largest absolute Gasteiger partial charge is 0.343 e. The summed E-state index contributed by atoms with van der Waals surface area (Å²) in [4.78, 5) is 19.3. The van der Waals surface area contributed by atoms with Crippen molar-refractivity contribution in [3.05, 3.63) is 17.7 Å². The van der Waals surface area contributed by atoms with Crippen molar-refractivity contribution in [3.63, 3.8) is 0 Å². The molecular formula is C21H33N3O. The van der Waals surface area contributed by atoms with Gasteiger partial charge in [-0.1, -0.05) is 12.8 Å². The van der Waals surface area contributed by atoms with E-state index < -0.39 is 0 Å². The first-order chi connectivity index (χ1) is 12.2. The predicted octanol–water partition coefficient (Wildman–Crippen LogP) is 4.28. The molecule has 1 saturated heterocycles. The SMILES string of the molecule is Cc1cnc(C2CC2)n1CCC1CCN(C(=O)CC2CCCC2)CC1. The number of likely N-dealkylation sites (tertiary alicyclic amines) is 1. The van der Waals surface area contributed by atoms with Gasteiger partial charge >= 0.3 is 0 Å². The second-order valence-electron chi connectivity index (χ2n) is 8.65. The number of aryl methyl sites for hydroxylation is 1. The molecule has 0 N–H and O–H groups in total. The van der Waals surface area contributed by atoms with Crippen molar-refractivity contribution in [1.29, 1.82) is 0 Å². The van der Waals surface area contributed by atoms with E-state index in [1.807, 2.05) is 6.20 Å². The zero-order valence-electron chi connectivity index (χ0n) is 15.8. The number of piperidine rings is 1. The van der Waals surface area contributed by atoms with E-state index in [1.54, 1.807) is 0 Å². The minimum Gasteiger partial charge on any atom is -0.343 e. The second-order valence-corrected chi connectivity index (χ2v) is 8.65. The van der Waals surface area contributed by atoms with Crippen molar-refractivity contribution < 1.29 is 4.79 Å². The lowest BCUT2D eigenvalue weighted by Crippen LogP contribution is -2.39. The number of nitrogens with zero attached hydrogens (tertiary/aromatic N) is 3. The number of imidazole rings is 1. The van der Waals surface area contributed by atoms with E-state index in [2.05, 4.69) is 21.4 Å². The molecule has 0 unspecified atom stereocenters. The Balaban J connectivity index is 1.22. The Morgan fingerprint density at radius 1 is 1.08 bits per heavy atom. The Morgan fingerprint density at radius 3 is 2.48 bits per heavy atom. The van der Waals surface area contributed by atoms with Gasteiger partial charge in [-0.2, -0.15) is 0 Å². The number of carbonyl (C=O) groups excluding carboxylic acids is 1. The second kappa shape index (κ2) is 7.51. The van der Waals surface area contributed by atoms with Crippen LogP contribution in [0.3, 0.4) is 0 Å². The third-order valence-corrected chi connectivity index (χ3v) is 6.69. The molecule has 1 aromatic rings. The van der Waals surface area contributed by atoms with Gasteiger partial charge in [-0.15, -0.1) is 0 Å². The number of hydrogen-bond donors (Lipinski definition) is 0. The van der Waals surface area contributed by atoms with Crippen LogP contribution in [0.1, 0.15) is 81.6 Å². The van der Waals surface area contributed by atoms with Crippen LogP contribution in [0.4, 0.5) is 0 Å². The molecule has 2 aliphatic carbocycles. The van der Waals surface area contributed by atoms with Crippen LogP contribution in [0.2, 0.25) is 0 Å². The maximum Gasteiger partial charge on any atom is 0.222 e. The summed E-state index contributed by atoms with van der Waals surface area (Å²) in [5, 5.41) is 0. The number of amides is 1. The first-order valence-electron chi connectivity index (χ1n) is 10.5. The van der Waals surface area contributed by atoms with Crippen LogP contribution >= 0.6 is 0 Å². The third kappa shape index (κ3) is 4.09. The Morgan fingerprint density at radius 2 is 1.80 bits per heavy atom. The average Bonchev–Trinajstić information content (AvgIpc) is 3.21. The summed E-state index contributed by atoms with van der Waals surface area (Å²) in [6.45, 7) is 5.25. The molecule has 1 amide bonds. The van der Waals surface area contributed by atoms with Gasteiger partial charge in [0.1, 0.15) is 5.82 Å². The molecule has 4 nitrogen and oxygen atoms in total. The molecule has 1 aromatic heterocycles. The minimum absolute atomic E-state index is 0.423. The molecule has 25 heavy (non-hydrogen) atoms. The Labute approximate surface area is 152 Å². The van der Waals surface area contributed by atoms with Crippen molar-refractivity contribution >= 4 is 5.91 Å². The maximum atomic E-state index is 12.5. The lowest BCUT2D eigenvalue weighted by atomic mass is 9.92. The Hall–Kier alpha value is -1.32. The summed E-state index contributed by atoms with van der Waals surface area (Å²) in [6.07, 6.45) is 14.3. The van der Waals surface area contributed by atoms with Gasteiger partial charge < -0.3 is 9.47 Å². The smallest absolute Gasteiger partial charge is 0.222 e. The van der Waals surface area contributed by atoms with Crippen LogP contribution in [0.15, 0.2) is 6.20 Å². The molecule has 0 atom stereocenters. The van der Waals surface area contributed by atoms with E-state index in [-0.39, 0.29) is 0 Å². The number of rotatable bonds is 6. The van der Waals surface area contributed by atoms with Crippen LogP contribution < -0.4 is 0 Å². The Bertz CT molecular complexity index is 590. The molecule has 0 spiro atoms. The molecule has 0 radical (unpaired) electrons. The zero-order valence-corrected chi connectivity index (χ0v) is 15.8. The lowest BCUT2D eigenvalue weighted by Gasteiger charge is -2.33. The van der Waals surface area contributed by atoms with Gasteiger partial charge in [0.15, 0.2) is 0 Å². The lowest BCUT2D eigenvalue weighted by molar-refractivity contribution is -0.133. The predicted molar refractivity (Wildman–Crippen MR) is 99.4 cm³/mol. The average molecular weight is 344 g/mol. The fourth-order valence-electron chi connectivity index (χ4n) is 4.81. The topological polar surface area (TPSA) is 38.1 Å². The highest BCUT2D eigenvalue weighted by atomic mass is 16.2. The van der Waals surface area contributed by atoms with Crippen molar-refractivity contribution in [3.8, 4) is 0 Å². The molecule has 4 heteroatoms. The molecule has 0 aromatic carbocycles. The molecule has 4 rings (SSSR count). The molecule has 138 valence electrons. The van der Waals surface area contributed by atoms with Crippen molar-refractivity contribution in [2.45, 2.75) is 83.6 Å². The zero-order chi connectivity index (χ0) is 17.2. The summed E-state index contributed by atoms with van der Waals surface area (Å²) in [6, 6.07) is 0. The van der Waals surface area contributed by atoms with Gasteiger partial charge in [0, 0.05) is 43.9 Å². The van der Waals surface area contributed by atoms with Gasteiger partial charge in [-0.05, 0) is 63.7 Å². The summed E-state index contributed by atoms with van der Waals surface area (Å²) < 4.78 is 2.45. The van der Waals surface area contributed by atoms with Gasteiger partial charge in [0.05, 0.1) is 0 Å². The van der Waals surface area contributed by atoms with Crippen LogP contribution in [-0.4, -0.2) is 33.4 Å². The fraction of sp³-hybridized carbons (Fsp3) is 0.810. The molecule has 3 fully saturated rings. The highest BCUT2D eigenvalue weighted by Crippen LogP contribution is 2.39. The van der Waals surface area contributed by atoms with Crippen molar-refractivity contribution in [1.82, 2.24) is 14.5 Å². The van der Waals surface area contributed by atoms with Crippen molar-refractivity contribution in [2.24, 2.45) is 11.8 Å². The quantitative estimate of drug-likeness (QED) is 0.773. The molecule has 2 saturated carbocycles. The summed E-state index contributed by atoms with van der Waals surface area (Å²) in [5.41, 5.74) is 1.31. The fourth-order valence-corrected chi connectivity index (χ4v) is 4.81. The van der Waals surface area contributed by atoms with Crippen molar-refractivity contribution in [2.75, 3.05) is 13.1 Å². The third-order valence-electron chi connectivity index (χ3n) is 6.69. The minimum atomic E-state index is 0.423. The standard InChI is InChI=1S/C21H33N3O/c1-16-15-22-21(19-6-7-19)24(16)13-10-17-8-11-23(12-9-17)20(25)14-18-4-2-3-5-18/h15,17-19H,2-14H2,1H3. The van der Waals surface area contributed by atoms with E-state index >= 15 is 0 Å². The van der Waals surface area contributed by atoms with E-state index in [4.69, 9.17) is 0 Å². The molecule has 1 aliphatic heterocycles. The van der Waals surface area contributed by atoms with E-state index in [9.17, 15) is 4.79 Å². The van der Waals surface area contributed by atoms with Gasteiger partial charge in [-0.3, -0.25) is 4.79 Å². The highest BCUT2D eigenvalue weighted by molar-refractivity contribution is 5.76.